The monoisotopic (exact) mass is 456 g/mol. The molecule has 1 N–H and O–H groups in total. The maximum atomic E-state index is 13.6. The molecule has 2 aliphatic heterocycles. The van der Waals surface area contributed by atoms with Gasteiger partial charge < -0.3 is 9.47 Å². The molecule has 13 heteroatoms. The fourth-order valence-electron chi connectivity index (χ4n) is 3.34. The molecule has 1 unspecified atom stereocenters. The lowest BCUT2D eigenvalue weighted by atomic mass is 10.1. The van der Waals surface area contributed by atoms with Gasteiger partial charge in [-0.25, -0.2) is 14.2 Å². The van der Waals surface area contributed by atoms with Crippen LogP contribution in [0.1, 0.15) is 28.6 Å². The number of benzene rings is 1. The van der Waals surface area contributed by atoms with Crippen molar-refractivity contribution in [2.45, 2.75) is 31.5 Å². The van der Waals surface area contributed by atoms with E-state index in [0.717, 1.165) is 10.8 Å². The normalized spacial score (nSPS) is 27.6. The summed E-state index contributed by atoms with van der Waals surface area (Å²) in [4.78, 5) is 36.9. The highest BCUT2D eigenvalue weighted by Crippen LogP contribution is 2.57. The minimum atomic E-state index is -4.01. The molecule has 2 aliphatic rings. The molecular formula is C18H18FN2O9P. The zero-order valence-corrected chi connectivity index (χ0v) is 17.1. The number of esters is 1. The van der Waals surface area contributed by atoms with Gasteiger partial charge in [0.05, 0.1) is 32.1 Å². The average Bonchev–Trinajstić information content (AvgIpc) is 3.17. The fraction of sp³-hybridized carbons (Fsp3) is 0.389. The molecule has 11 nitrogen and oxygen atoms in total. The zero-order valence-electron chi connectivity index (χ0n) is 16.2. The van der Waals surface area contributed by atoms with E-state index in [1.165, 1.54) is 13.2 Å². The number of halogens is 1. The van der Waals surface area contributed by atoms with E-state index in [-0.39, 0.29) is 25.2 Å². The molecule has 1 aromatic heterocycles. The van der Waals surface area contributed by atoms with Crippen LogP contribution in [0.15, 0.2) is 40.1 Å². The van der Waals surface area contributed by atoms with Gasteiger partial charge >= 0.3 is 19.5 Å². The lowest BCUT2D eigenvalue weighted by molar-refractivity contribution is -0.0731. The van der Waals surface area contributed by atoms with Crippen LogP contribution < -0.4 is 11.2 Å². The molecule has 1 aromatic carbocycles. The highest BCUT2D eigenvalue weighted by atomic mass is 31.2. The van der Waals surface area contributed by atoms with Crippen LogP contribution in [0.25, 0.3) is 0 Å². The van der Waals surface area contributed by atoms with Gasteiger partial charge in [-0.15, -0.1) is 0 Å². The van der Waals surface area contributed by atoms with E-state index in [4.69, 9.17) is 23.0 Å². The smallest absolute Gasteiger partial charge is 0.465 e. The average molecular weight is 456 g/mol. The number of rotatable bonds is 5. The molecule has 0 saturated carbocycles. The molecule has 4 rings (SSSR count). The second-order valence-corrected chi connectivity index (χ2v) is 8.44. The molecule has 0 spiro atoms. The molecule has 0 radical (unpaired) electrons. The standard InChI is InChI=1S/C18H18FN2O9P/c1-26-17(23)11-5-3-2-4-10(11)8-27-31(25)28-9-14-13(30-31)6-15(29-14)21-7-12(19)16(22)20-18(21)24/h2-5,7,13-15H,6,8-9H2,1H3,(H,20,22,24)/t13-,14+,15+,31?/m0/s1. The summed E-state index contributed by atoms with van der Waals surface area (Å²) in [6, 6.07) is 6.47. The van der Waals surface area contributed by atoms with Crippen LogP contribution >= 0.6 is 7.82 Å². The van der Waals surface area contributed by atoms with E-state index in [1.54, 1.807) is 18.2 Å². The number of nitrogens with one attached hydrogen (secondary N) is 1. The highest BCUT2D eigenvalue weighted by molar-refractivity contribution is 7.48. The van der Waals surface area contributed by atoms with Crippen LogP contribution in [-0.4, -0.2) is 41.4 Å². The third-order valence-corrected chi connectivity index (χ3v) is 6.32. The summed E-state index contributed by atoms with van der Waals surface area (Å²) in [7, 11) is -2.76. The van der Waals surface area contributed by atoms with Crippen molar-refractivity contribution < 1.29 is 36.8 Å². The molecule has 2 aromatic rings. The van der Waals surface area contributed by atoms with Crippen LogP contribution in [-0.2, 0) is 34.2 Å². The summed E-state index contributed by atoms with van der Waals surface area (Å²) in [5.41, 5.74) is -1.32. The van der Waals surface area contributed by atoms with Gasteiger partial charge in [-0.3, -0.25) is 27.9 Å². The third kappa shape index (κ3) is 4.39. The number of ether oxygens (including phenoxy) is 2. The van der Waals surface area contributed by atoms with Crippen molar-refractivity contribution in [2.75, 3.05) is 13.7 Å². The van der Waals surface area contributed by atoms with Crippen molar-refractivity contribution in [2.24, 2.45) is 0 Å². The van der Waals surface area contributed by atoms with Crippen molar-refractivity contribution in [3.05, 3.63) is 68.2 Å². The van der Waals surface area contributed by atoms with Crippen LogP contribution in [0.4, 0.5) is 4.39 Å². The predicted octanol–water partition coefficient (Wildman–Crippen LogP) is 1.49. The summed E-state index contributed by atoms with van der Waals surface area (Å²) >= 11 is 0. The molecular weight excluding hydrogens is 438 g/mol. The number of aromatic nitrogens is 2. The number of phosphoric acid groups is 1. The quantitative estimate of drug-likeness (QED) is 0.524. The zero-order chi connectivity index (χ0) is 22.2. The first-order valence-corrected chi connectivity index (χ1v) is 10.7. The summed E-state index contributed by atoms with van der Waals surface area (Å²) in [5, 5.41) is 0. The Morgan fingerprint density at radius 1 is 1.32 bits per heavy atom. The number of methoxy groups -OCH3 is 1. The molecule has 0 amide bonds. The third-order valence-electron chi connectivity index (χ3n) is 4.88. The van der Waals surface area contributed by atoms with E-state index < -0.39 is 49.3 Å². The molecule has 2 saturated heterocycles. The number of phosphoric ester groups is 1. The van der Waals surface area contributed by atoms with Crippen molar-refractivity contribution in [3.63, 3.8) is 0 Å². The maximum absolute atomic E-state index is 13.6. The van der Waals surface area contributed by atoms with E-state index in [2.05, 4.69) is 0 Å². The van der Waals surface area contributed by atoms with Gasteiger partial charge in [0.15, 0.2) is 0 Å². The van der Waals surface area contributed by atoms with Crippen molar-refractivity contribution in [1.29, 1.82) is 0 Å². The molecule has 4 atom stereocenters. The Bertz CT molecular complexity index is 1160. The van der Waals surface area contributed by atoms with Crippen molar-refractivity contribution >= 4 is 13.8 Å². The SMILES string of the molecule is COC(=O)c1ccccc1COP1(=O)OC[C@H]2O[C@@H](n3cc(F)c(=O)[nH]c3=O)C[C@@H]2O1. The number of aromatic amines is 1. The van der Waals surface area contributed by atoms with Gasteiger partial charge in [0.25, 0.3) is 5.56 Å². The van der Waals surface area contributed by atoms with E-state index in [1.807, 2.05) is 4.98 Å². The van der Waals surface area contributed by atoms with Crippen LogP contribution in [0.3, 0.4) is 0 Å². The Morgan fingerprint density at radius 3 is 2.87 bits per heavy atom. The number of hydrogen-bond donors (Lipinski definition) is 1. The minimum absolute atomic E-state index is 0.0471. The van der Waals surface area contributed by atoms with Gasteiger partial charge in [-0.1, -0.05) is 18.2 Å². The lowest BCUT2D eigenvalue weighted by Gasteiger charge is -2.29. The Hall–Kier alpha value is -2.63. The van der Waals surface area contributed by atoms with Gasteiger partial charge in [-0.2, -0.15) is 4.39 Å². The van der Waals surface area contributed by atoms with E-state index in [0.29, 0.717) is 5.56 Å². The summed E-state index contributed by atoms with van der Waals surface area (Å²) in [6.07, 6.45) is -1.61. The van der Waals surface area contributed by atoms with E-state index in [9.17, 15) is 23.3 Å². The predicted molar refractivity (Wildman–Crippen MR) is 101 cm³/mol. The molecule has 0 aliphatic carbocycles. The maximum Gasteiger partial charge on any atom is 0.475 e. The number of nitrogens with zero attached hydrogens (tertiary/aromatic N) is 1. The Morgan fingerprint density at radius 2 is 2.10 bits per heavy atom. The highest BCUT2D eigenvalue weighted by Gasteiger charge is 2.48. The molecule has 2 fully saturated rings. The molecule has 166 valence electrons. The topological polar surface area (TPSA) is 135 Å². The van der Waals surface area contributed by atoms with Crippen LogP contribution in [0.2, 0.25) is 0 Å². The number of carbonyl (C=O) groups excluding carboxylic acids is 1. The number of hydrogen-bond acceptors (Lipinski definition) is 9. The lowest BCUT2D eigenvalue weighted by Crippen LogP contribution is -2.34. The first-order chi connectivity index (χ1) is 14.8. The minimum Gasteiger partial charge on any atom is -0.465 e. The summed E-state index contributed by atoms with van der Waals surface area (Å²) in [5.74, 6) is -1.72. The van der Waals surface area contributed by atoms with Gasteiger partial charge in [0, 0.05) is 6.42 Å². The van der Waals surface area contributed by atoms with Crippen LogP contribution in [0.5, 0.6) is 0 Å². The van der Waals surface area contributed by atoms with Crippen molar-refractivity contribution in [1.82, 2.24) is 9.55 Å². The molecule has 31 heavy (non-hydrogen) atoms. The second-order valence-electron chi connectivity index (χ2n) is 6.82. The van der Waals surface area contributed by atoms with Gasteiger partial charge in [0.2, 0.25) is 5.82 Å². The molecule has 3 heterocycles. The summed E-state index contributed by atoms with van der Waals surface area (Å²) < 4.78 is 53.8. The number of H-pyrrole nitrogens is 1. The summed E-state index contributed by atoms with van der Waals surface area (Å²) in [6.45, 7) is -0.396. The first-order valence-electron chi connectivity index (χ1n) is 9.20. The number of fused-ring (bicyclic) bond motifs is 1. The van der Waals surface area contributed by atoms with Gasteiger partial charge in [0.1, 0.15) is 18.4 Å². The Labute approximate surface area is 174 Å². The number of carbonyl (C=O) groups is 1. The Balaban J connectivity index is 1.45. The van der Waals surface area contributed by atoms with Crippen molar-refractivity contribution in [3.8, 4) is 0 Å². The van der Waals surface area contributed by atoms with E-state index >= 15 is 0 Å². The molecule has 0 bridgehead atoms. The first kappa shape index (κ1) is 21.6. The Kier molecular flexibility index (Phi) is 5.91. The fourth-order valence-corrected chi connectivity index (χ4v) is 4.72. The van der Waals surface area contributed by atoms with Crippen LogP contribution in [0, 0.1) is 5.82 Å². The van der Waals surface area contributed by atoms with Gasteiger partial charge in [-0.05, 0) is 11.6 Å². The largest absolute Gasteiger partial charge is 0.475 e. The second kappa shape index (κ2) is 8.48.